The zero-order valence-corrected chi connectivity index (χ0v) is 20.6. The van der Waals surface area contributed by atoms with Gasteiger partial charge in [0.05, 0.1) is 19.0 Å². The van der Waals surface area contributed by atoms with E-state index in [1.807, 2.05) is 24.3 Å². The van der Waals surface area contributed by atoms with Crippen LogP contribution in [0.15, 0.2) is 60.9 Å². The van der Waals surface area contributed by atoms with E-state index >= 15 is 0 Å². The second-order valence-corrected chi connectivity index (χ2v) is 8.78. The molecule has 0 saturated carbocycles. The van der Waals surface area contributed by atoms with Crippen LogP contribution in [0.3, 0.4) is 0 Å². The van der Waals surface area contributed by atoms with E-state index in [0.717, 1.165) is 48.3 Å². The van der Waals surface area contributed by atoms with Crippen LogP contribution in [0.1, 0.15) is 65.7 Å². The summed E-state index contributed by atoms with van der Waals surface area (Å²) in [5.41, 5.74) is 3.15. The van der Waals surface area contributed by atoms with Crippen molar-refractivity contribution >= 4 is 5.97 Å². The van der Waals surface area contributed by atoms with Crippen molar-refractivity contribution in [3.63, 3.8) is 0 Å². The van der Waals surface area contributed by atoms with Crippen LogP contribution in [-0.2, 0) is 4.79 Å². The molecule has 0 fully saturated rings. The van der Waals surface area contributed by atoms with Crippen molar-refractivity contribution in [1.82, 2.24) is 9.97 Å². The maximum Gasteiger partial charge on any atom is 0.311 e. The first kappa shape index (κ1) is 25.4. The predicted octanol–water partition coefficient (Wildman–Crippen LogP) is 7.50. The molecule has 5 nitrogen and oxygen atoms in total. The first-order chi connectivity index (χ1) is 16.6. The number of benzene rings is 2. The smallest absolute Gasteiger partial charge is 0.311 e. The summed E-state index contributed by atoms with van der Waals surface area (Å²) >= 11 is 0. The Morgan fingerprint density at radius 3 is 2.06 bits per heavy atom. The van der Waals surface area contributed by atoms with Crippen molar-refractivity contribution in [3.8, 4) is 34.0 Å². The van der Waals surface area contributed by atoms with Gasteiger partial charge in [-0.05, 0) is 42.0 Å². The third-order valence-electron chi connectivity index (χ3n) is 6.00. The number of carbonyl (C=O) groups is 1. The molecular formula is C29H36N2O3. The molecule has 34 heavy (non-hydrogen) atoms. The van der Waals surface area contributed by atoms with Crippen molar-refractivity contribution < 1.29 is 14.3 Å². The molecule has 1 aromatic heterocycles. The average molecular weight is 461 g/mol. The summed E-state index contributed by atoms with van der Waals surface area (Å²) in [5, 5.41) is 0. The maximum atomic E-state index is 12.0. The summed E-state index contributed by atoms with van der Waals surface area (Å²) in [6, 6.07) is 16.3. The van der Waals surface area contributed by atoms with Crippen LogP contribution in [0, 0.1) is 5.92 Å². The molecule has 0 amide bonds. The zero-order valence-electron chi connectivity index (χ0n) is 20.6. The van der Waals surface area contributed by atoms with E-state index in [1.165, 1.54) is 19.3 Å². The molecule has 0 aliphatic rings. The second kappa shape index (κ2) is 13.5. The van der Waals surface area contributed by atoms with Crippen molar-refractivity contribution in [2.24, 2.45) is 5.92 Å². The van der Waals surface area contributed by atoms with Crippen LogP contribution >= 0.6 is 0 Å². The van der Waals surface area contributed by atoms with Crippen molar-refractivity contribution in [1.29, 1.82) is 0 Å². The number of rotatable bonds is 13. The lowest BCUT2D eigenvalue weighted by molar-refractivity contribution is -0.134. The van der Waals surface area contributed by atoms with E-state index in [2.05, 4.69) is 55.0 Å². The monoisotopic (exact) mass is 460 g/mol. The normalized spacial score (nSPS) is 11.7. The van der Waals surface area contributed by atoms with Gasteiger partial charge in [0.25, 0.3) is 0 Å². The highest BCUT2D eigenvalue weighted by atomic mass is 16.5. The second-order valence-electron chi connectivity index (χ2n) is 8.78. The Hall–Kier alpha value is -3.21. The number of unbranched alkanes of at least 4 members (excludes halogenated alkanes) is 3. The third-order valence-corrected chi connectivity index (χ3v) is 6.00. The molecule has 0 N–H and O–H groups in total. The molecule has 3 aromatic rings. The molecule has 0 aliphatic carbocycles. The Labute approximate surface area is 203 Å². The summed E-state index contributed by atoms with van der Waals surface area (Å²) in [4.78, 5) is 20.7. The van der Waals surface area contributed by atoms with E-state index in [1.54, 1.807) is 12.4 Å². The molecule has 180 valence electrons. The lowest BCUT2D eigenvalue weighted by atomic mass is 10.0. The maximum absolute atomic E-state index is 12.0. The van der Waals surface area contributed by atoms with E-state index < -0.39 is 0 Å². The van der Waals surface area contributed by atoms with Crippen LogP contribution in [0.25, 0.3) is 22.5 Å². The van der Waals surface area contributed by atoms with E-state index in [0.29, 0.717) is 23.9 Å². The first-order valence-corrected chi connectivity index (χ1v) is 12.5. The molecule has 0 radical (unpaired) electrons. The van der Waals surface area contributed by atoms with Crippen molar-refractivity contribution in [2.45, 2.75) is 65.7 Å². The largest absolute Gasteiger partial charge is 0.494 e. The van der Waals surface area contributed by atoms with Crippen LogP contribution in [-0.4, -0.2) is 22.5 Å². The number of ether oxygens (including phenoxy) is 2. The van der Waals surface area contributed by atoms with Gasteiger partial charge in [-0.3, -0.25) is 4.79 Å². The van der Waals surface area contributed by atoms with Gasteiger partial charge in [0.2, 0.25) is 0 Å². The van der Waals surface area contributed by atoms with Gasteiger partial charge in [-0.25, -0.2) is 9.97 Å². The molecule has 2 aromatic carbocycles. The van der Waals surface area contributed by atoms with Crippen LogP contribution in [0.4, 0.5) is 0 Å². The molecule has 0 aliphatic heterocycles. The fraction of sp³-hybridized carbons (Fsp3) is 0.414. The summed E-state index contributed by atoms with van der Waals surface area (Å²) in [6.45, 7) is 7.24. The molecule has 1 heterocycles. The molecule has 0 saturated heterocycles. The summed E-state index contributed by atoms with van der Waals surface area (Å²) in [7, 11) is 0. The van der Waals surface area contributed by atoms with Crippen LogP contribution in [0.2, 0.25) is 0 Å². The fourth-order valence-electron chi connectivity index (χ4n) is 3.54. The lowest BCUT2D eigenvalue weighted by Crippen LogP contribution is -2.10. The summed E-state index contributed by atoms with van der Waals surface area (Å²) in [5.74, 6) is 2.15. The highest BCUT2D eigenvalue weighted by Gasteiger charge is 2.09. The first-order valence-electron chi connectivity index (χ1n) is 12.5. The van der Waals surface area contributed by atoms with Crippen molar-refractivity contribution in [3.05, 3.63) is 60.9 Å². The molecule has 0 unspecified atom stereocenters. The molecule has 3 rings (SSSR count). The fourth-order valence-corrected chi connectivity index (χ4v) is 3.54. The number of hydrogen-bond donors (Lipinski definition) is 0. The van der Waals surface area contributed by atoms with Gasteiger partial charge < -0.3 is 9.47 Å². The highest BCUT2D eigenvalue weighted by molar-refractivity contribution is 5.72. The summed E-state index contributed by atoms with van der Waals surface area (Å²) < 4.78 is 11.2. The topological polar surface area (TPSA) is 61.3 Å². The zero-order chi connectivity index (χ0) is 24.2. The van der Waals surface area contributed by atoms with Crippen LogP contribution in [0.5, 0.6) is 11.5 Å². The van der Waals surface area contributed by atoms with Gasteiger partial charge >= 0.3 is 5.97 Å². The SMILES string of the molecule is CCCCCCOc1ccc(-c2ccc(-c3ncc(OC(=O)CC[C@@H](C)CC)cn3)cc2)cc1. The molecule has 0 spiro atoms. The number of nitrogens with zero attached hydrogens (tertiary/aromatic N) is 2. The van der Waals surface area contributed by atoms with Crippen molar-refractivity contribution in [2.75, 3.05) is 6.61 Å². The molecule has 0 bridgehead atoms. The van der Waals surface area contributed by atoms with Gasteiger partial charge in [-0.2, -0.15) is 0 Å². The average Bonchev–Trinajstić information content (AvgIpc) is 2.88. The molecule has 1 atom stereocenters. The van der Waals surface area contributed by atoms with E-state index in [9.17, 15) is 4.79 Å². The van der Waals surface area contributed by atoms with Gasteiger partial charge in [0.1, 0.15) is 5.75 Å². The van der Waals surface area contributed by atoms with Gasteiger partial charge in [-0.1, -0.05) is 82.9 Å². The predicted molar refractivity (Wildman–Crippen MR) is 137 cm³/mol. The lowest BCUT2D eigenvalue weighted by Gasteiger charge is -2.09. The number of carbonyl (C=O) groups excluding carboxylic acids is 1. The Kier molecular flexibility index (Phi) is 10.1. The minimum Gasteiger partial charge on any atom is -0.494 e. The van der Waals surface area contributed by atoms with Gasteiger partial charge in [-0.15, -0.1) is 0 Å². The molecular weight excluding hydrogens is 424 g/mol. The summed E-state index contributed by atoms with van der Waals surface area (Å²) in [6.07, 6.45) is 10.2. The van der Waals surface area contributed by atoms with Crippen LogP contribution < -0.4 is 9.47 Å². The number of aromatic nitrogens is 2. The Morgan fingerprint density at radius 1 is 0.824 bits per heavy atom. The number of esters is 1. The minimum absolute atomic E-state index is 0.242. The number of hydrogen-bond acceptors (Lipinski definition) is 5. The quantitative estimate of drug-likeness (QED) is 0.195. The highest BCUT2D eigenvalue weighted by Crippen LogP contribution is 2.25. The standard InChI is InChI=1S/C29H36N2O3/c1-4-6-7-8-19-33-26-16-14-24(15-17-26)23-10-12-25(13-11-23)29-30-20-27(21-31-29)34-28(32)18-9-22(3)5-2/h10-17,20-22H,4-9,18-19H2,1-3H3/t22-/m0/s1. The third kappa shape index (κ3) is 7.98. The Balaban J connectivity index is 1.53. The minimum atomic E-state index is -0.242. The van der Waals surface area contributed by atoms with E-state index in [-0.39, 0.29) is 5.97 Å². The Bertz CT molecular complexity index is 999. The Morgan fingerprint density at radius 2 is 1.44 bits per heavy atom. The molecule has 5 heteroatoms. The van der Waals surface area contributed by atoms with E-state index in [4.69, 9.17) is 9.47 Å². The van der Waals surface area contributed by atoms with Gasteiger partial charge in [0.15, 0.2) is 11.6 Å². The van der Waals surface area contributed by atoms with Gasteiger partial charge in [0, 0.05) is 12.0 Å².